The minimum absolute atomic E-state index is 0.0624. The van der Waals surface area contributed by atoms with E-state index in [-0.39, 0.29) is 18.0 Å². The Labute approximate surface area is 180 Å². The lowest BCUT2D eigenvalue weighted by Gasteiger charge is -2.44. The van der Waals surface area contributed by atoms with Crippen molar-refractivity contribution in [3.05, 3.63) is 40.3 Å². The lowest BCUT2D eigenvalue weighted by atomic mass is 9.78. The van der Waals surface area contributed by atoms with E-state index < -0.39 is 11.5 Å². The summed E-state index contributed by atoms with van der Waals surface area (Å²) >= 11 is 1.53. The van der Waals surface area contributed by atoms with E-state index in [1.807, 2.05) is 30.7 Å². The van der Waals surface area contributed by atoms with E-state index in [0.29, 0.717) is 29.4 Å². The van der Waals surface area contributed by atoms with Gasteiger partial charge in [0.05, 0.1) is 12.6 Å². The largest absolute Gasteiger partial charge is 0.493 e. The first-order valence-electron chi connectivity index (χ1n) is 10.6. The van der Waals surface area contributed by atoms with Gasteiger partial charge in [0.25, 0.3) is 0 Å². The van der Waals surface area contributed by atoms with E-state index in [1.54, 1.807) is 6.07 Å². The molecule has 3 saturated heterocycles. The number of carbonyl (C=O) groups is 1. The molecule has 0 saturated carbocycles. The molecule has 1 amide bonds. The van der Waals surface area contributed by atoms with Crippen LogP contribution >= 0.6 is 11.3 Å². The number of piperidine rings is 3. The lowest BCUT2D eigenvalue weighted by Crippen LogP contribution is -2.53. The molecular weight excluding hydrogens is 403 g/mol. The predicted octanol–water partition coefficient (Wildman–Crippen LogP) is 4.83. The zero-order valence-electron chi connectivity index (χ0n) is 17.3. The number of nitrogens with zero attached hydrogens (tertiary/aromatic N) is 1. The molecule has 5 nitrogen and oxygen atoms in total. The fourth-order valence-corrected chi connectivity index (χ4v) is 5.59. The van der Waals surface area contributed by atoms with Crippen molar-refractivity contribution in [1.82, 2.24) is 10.2 Å². The minimum Gasteiger partial charge on any atom is -0.493 e. The van der Waals surface area contributed by atoms with Crippen molar-refractivity contribution in [2.24, 2.45) is 11.3 Å². The van der Waals surface area contributed by atoms with Gasteiger partial charge in [0.1, 0.15) is 17.7 Å². The maximum Gasteiger partial charge on any atom is 0.407 e. The van der Waals surface area contributed by atoms with Gasteiger partial charge in [-0.3, -0.25) is 4.90 Å². The van der Waals surface area contributed by atoms with Crippen molar-refractivity contribution in [3.63, 3.8) is 0 Å². The topological polar surface area (TPSA) is 50.8 Å². The molecule has 160 valence electrons. The highest BCUT2D eigenvalue weighted by Gasteiger charge is 2.41. The first-order chi connectivity index (χ1) is 14.4. The summed E-state index contributed by atoms with van der Waals surface area (Å²) in [5, 5.41) is 6.87. The Bertz CT molecular complexity index is 938. The zero-order chi connectivity index (χ0) is 20.9. The van der Waals surface area contributed by atoms with Crippen molar-refractivity contribution in [1.29, 1.82) is 0 Å². The Balaban J connectivity index is 1.38. The second kappa shape index (κ2) is 7.54. The number of thiophene rings is 1. The molecule has 2 bridgehead atoms. The average Bonchev–Trinajstić information content (AvgIpc) is 3.25. The molecule has 3 fully saturated rings. The Morgan fingerprint density at radius 1 is 1.33 bits per heavy atom. The summed E-state index contributed by atoms with van der Waals surface area (Å²) in [4.78, 5) is 15.2. The number of nitrogens with one attached hydrogen (secondary N) is 1. The molecule has 5 heterocycles. The second-order valence-corrected chi connectivity index (χ2v) is 10.1. The number of amides is 1. The molecule has 0 spiro atoms. The standard InChI is InChI=1S/C23H27FN2O3S/c1-23(2)13-28-19-10-16(15-5-8-30-12-15)18(24)9-17(19)21(23)25-22(27)29-20-11-26-6-3-14(20)4-7-26/h5,8-10,12,14,20-21H,3-4,6-7,11,13H2,1-2H3,(H,25,27). The van der Waals surface area contributed by atoms with Crippen LogP contribution in [-0.4, -0.2) is 43.3 Å². The number of fused-ring (bicyclic) bond motifs is 4. The molecule has 2 unspecified atom stereocenters. The van der Waals surface area contributed by atoms with Crippen LogP contribution in [-0.2, 0) is 4.74 Å². The number of rotatable bonds is 3. The van der Waals surface area contributed by atoms with E-state index in [9.17, 15) is 9.18 Å². The highest BCUT2D eigenvalue weighted by molar-refractivity contribution is 7.08. The monoisotopic (exact) mass is 430 g/mol. The molecule has 6 rings (SSSR count). The maximum atomic E-state index is 15.0. The van der Waals surface area contributed by atoms with Gasteiger partial charge in [-0.05, 0) is 66.4 Å². The van der Waals surface area contributed by atoms with Crippen LogP contribution in [0.4, 0.5) is 9.18 Å². The van der Waals surface area contributed by atoms with Gasteiger partial charge >= 0.3 is 6.09 Å². The number of hydrogen-bond acceptors (Lipinski definition) is 5. The van der Waals surface area contributed by atoms with Gasteiger partial charge in [0, 0.05) is 23.1 Å². The van der Waals surface area contributed by atoms with Gasteiger partial charge in [-0.25, -0.2) is 9.18 Å². The molecule has 0 radical (unpaired) electrons. The van der Waals surface area contributed by atoms with E-state index >= 15 is 0 Å². The Hall–Kier alpha value is -2.12. The van der Waals surface area contributed by atoms with Crippen molar-refractivity contribution in [2.45, 2.75) is 38.8 Å². The van der Waals surface area contributed by atoms with Gasteiger partial charge in [0.15, 0.2) is 0 Å². The summed E-state index contributed by atoms with van der Waals surface area (Å²) in [7, 11) is 0. The third-order valence-electron chi connectivity index (χ3n) is 6.74. The smallest absolute Gasteiger partial charge is 0.407 e. The van der Waals surface area contributed by atoms with E-state index in [2.05, 4.69) is 10.2 Å². The quantitative estimate of drug-likeness (QED) is 0.758. The van der Waals surface area contributed by atoms with Gasteiger partial charge < -0.3 is 14.8 Å². The highest BCUT2D eigenvalue weighted by atomic mass is 32.1. The normalized spacial score (nSPS) is 29.0. The SMILES string of the molecule is CC1(C)COc2cc(-c3ccsc3)c(F)cc2C1NC(=O)OC1CN2CCC1CC2. The van der Waals surface area contributed by atoms with E-state index in [0.717, 1.165) is 38.0 Å². The molecule has 0 aliphatic carbocycles. The Morgan fingerprint density at radius 2 is 2.13 bits per heavy atom. The van der Waals surface area contributed by atoms with Crippen LogP contribution in [0.3, 0.4) is 0 Å². The fourth-order valence-electron chi connectivity index (χ4n) is 4.93. The van der Waals surface area contributed by atoms with Gasteiger partial charge in [-0.2, -0.15) is 11.3 Å². The van der Waals surface area contributed by atoms with E-state index in [4.69, 9.17) is 9.47 Å². The second-order valence-electron chi connectivity index (χ2n) is 9.32. The minimum atomic E-state index is -0.429. The van der Waals surface area contributed by atoms with Crippen LogP contribution in [0.15, 0.2) is 29.0 Å². The summed E-state index contributed by atoms with van der Waals surface area (Å²) in [6.45, 7) is 7.46. The number of hydrogen-bond donors (Lipinski definition) is 1. The molecular formula is C23H27FN2O3S. The summed E-state index contributed by atoms with van der Waals surface area (Å²) in [5.41, 5.74) is 1.62. The van der Waals surface area contributed by atoms with Crippen LogP contribution in [0.25, 0.3) is 11.1 Å². The van der Waals surface area contributed by atoms with Gasteiger partial charge in [-0.1, -0.05) is 13.8 Å². The molecule has 4 aliphatic rings. The fraction of sp³-hybridized carbons (Fsp3) is 0.522. The first-order valence-corrected chi connectivity index (χ1v) is 11.5. The predicted molar refractivity (Wildman–Crippen MR) is 114 cm³/mol. The molecule has 2 aromatic rings. The molecule has 7 heteroatoms. The number of ether oxygens (including phenoxy) is 2. The van der Waals surface area contributed by atoms with Crippen LogP contribution < -0.4 is 10.1 Å². The third-order valence-corrected chi connectivity index (χ3v) is 7.42. The maximum absolute atomic E-state index is 15.0. The van der Waals surface area contributed by atoms with Crippen LogP contribution in [0.2, 0.25) is 0 Å². The summed E-state index contributed by atoms with van der Waals surface area (Å²) in [6.07, 6.45) is 1.68. The lowest BCUT2D eigenvalue weighted by molar-refractivity contribution is -0.0361. The third kappa shape index (κ3) is 3.58. The summed E-state index contributed by atoms with van der Waals surface area (Å²) < 4.78 is 26.8. The molecule has 1 aromatic heterocycles. The van der Waals surface area contributed by atoms with Crippen molar-refractivity contribution in [2.75, 3.05) is 26.2 Å². The number of carbonyl (C=O) groups excluding carboxylic acids is 1. The van der Waals surface area contributed by atoms with Crippen LogP contribution in [0.1, 0.15) is 38.3 Å². The van der Waals surface area contributed by atoms with Crippen molar-refractivity contribution >= 4 is 17.4 Å². The molecule has 1 aromatic carbocycles. The number of benzene rings is 1. The van der Waals surface area contributed by atoms with Gasteiger partial charge in [0.2, 0.25) is 0 Å². The Kier molecular flexibility index (Phi) is 4.98. The van der Waals surface area contributed by atoms with Crippen LogP contribution in [0, 0.1) is 17.2 Å². The van der Waals surface area contributed by atoms with Crippen molar-refractivity contribution in [3.8, 4) is 16.9 Å². The number of halogens is 1. The molecule has 1 N–H and O–H groups in total. The highest BCUT2D eigenvalue weighted by Crippen LogP contribution is 2.45. The molecule has 4 aliphatic heterocycles. The molecule has 30 heavy (non-hydrogen) atoms. The first kappa shape index (κ1) is 19.8. The van der Waals surface area contributed by atoms with Gasteiger partial charge in [-0.15, -0.1) is 0 Å². The zero-order valence-corrected chi connectivity index (χ0v) is 18.1. The summed E-state index contributed by atoms with van der Waals surface area (Å²) in [6, 6.07) is 4.75. The molecule has 2 atom stereocenters. The average molecular weight is 431 g/mol. The summed E-state index contributed by atoms with van der Waals surface area (Å²) in [5.74, 6) is 0.748. The number of alkyl carbamates (subject to hydrolysis) is 1. The Morgan fingerprint density at radius 3 is 2.80 bits per heavy atom. The van der Waals surface area contributed by atoms with Crippen molar-refractivity contribution < 1.29 is 18.7 Å². The van der Waals surface area contributed by atoms with Crippen LogP contribution in [0.5, 0.6) is 5.75 Å². The van der Waals surface area contributed by atoms with E-state index in [1.165, 1.54) is 17.4 Å².